The second-order valence-electron chi connectivity index (χ2n) is 5.36. The van der Waals surface area contributed by atoms with Crippen LogP contribution in [0.4, 0.5) is 11.6 Å². The number of anilines is 2. The number of methoxy groups -OCH3 is 1. The highest BCUT2D eigenvalue weighted by molar-refractivity contribution is 9.10. The molecule has 24 heavy (non-hydrogen) atoms. The number of aromatic amines is 1. The number of H-pyrrole nitrogens is 1. The van der Waals surface area contributed by atoms with Gasteiger partial charge in [0.25, 0.3) is 0 Å². The minimum Gasteiger partial charge on any atom is -0.466 e. The molecule has 2 heterocycles. The standard InChI is InChI=1S/C16H15BrN4O2S/c1-7-10(15(22)23-2)11(8-4-3-5-9(17)6-8)12-13(18)20-16(24)21-14(12)19-7/h3-6,11H,1-2H3,(H4,18,19,20,21,24). The Hall–Kier alpha value is -2.19. The van der Waals surface area contributed by atoms with E-state index in [1.54, 1.807) is 6.92 Å². The third-order valence-corrected chi connectivity index (χ3v) is 4.56. The number of benzene rings is 1. The lowest BCUT2D eigenvalue weighted by Crippen LogP contribution is -2.26. The lowest BCUT2D eigenvalue weighted by Gasteiger charge is -2.29. The number of aromatic nitrogens is 2. The predicted molar refractivity (Wildman–Crippen MR) is 98.2 cm³/mol. The molecule has 0 spiro atoms. The number of carbonyl (C=O) groups is 1. The van der Waals surface area contributed by atoms with Crippen LogP contribution in [0.1, 0.15) is 24.0 Å². The first kappa shape index (κ1) is 16.7. The van der Waals surface area contributed by atoms with Crippen molar-refractivity contribution in [2.24, 2.45) is 0 Å². The van der Waals surface area contributed by atoms with E-state index >= 15 is 0 Å². The first-order valence-corrected chi connectivity index (χ1v) is 8.33. The summed E-state index contributed by atoms with van der Waals surface area (Å²) in [5.74, 6) is 0.0887. The van der Waals surface area contributed by atoms with Gasteiger partial charge in [0, 0.05) is 15.7 Å². The van der Waals surface area contributed by atoms with Crippen LogP contribution in [0.15, 0.2) is 40.0 Å². The van der Waals surface area contributed by atoms with Crippen LogP contribution in [0.25, 0.3) is 0 Å². The summed E-state index contributed by atoms with van der Waals surface area (Å²) in [4.78, 5) is 19.6. The zero-order valence-electron chi connectivity index (χ0n) is 13.0. The maximum absolute atomic E-state index is 12.4. The number of ether oxygens (including phenoxy) is 1. The second kappa shape index (κ2) is 6.37. The van der Waals surface area contributed by atoms with Gasteiger partial charge in [-0.25, -0.2) is 9.78 Å². The SMILES string of the molecule is COC(=O)C1=C(C)Nc2nc(=S)[nH]c(N)c2C1c1cccc(Br)c1. The van der Waals surface area contributed by atoms with Crippen molar-refractivity contribution >= 4 is 45.8 Å². The lowest BCUT2D eigenvalue weighted by molar-refractivity contribution is -0.136. The average Bonchev–Trinajstić information content (AvgIpc) is 2.52. The number of nitrogen functional groups attached to an aromatic ring is 1. The van der Waals surface area contributed by atoms with E-state index in [1.165, 1.54) is 7.11 Å². The van der Waals surface area contributed by atoms with Gasteiger partial charge in [-0.05, 0) is 36.8 Å². The molecule has 1 aliphatic heterocycles. The third-order valence-electron chi connectivity index (χ3n) is 3.87. The summed E-state index contributed by atoms with van der Waals surface area (Å²) in [7, 11) is 1.36. The van der Waals surface area contributed by atoms with Crippen LogP contribution in [0.3, 0.4) is 0 Å². The van der Waals surface area contributed by atoms with Crippen molar-refractivity contribution in [1.29, 1.82) is 0 Å². The van der Waals surface area contributed by atoms with Crippen LogP contribution in [0, 0.1) is 4.77 Å². The van der Waals surface area contributed by atoms with Gasteiger partial charge in [-0.3, -0.25) is 0 Å². The Morgan fingerprint density at radius 2 is 2.21 bits per heavy atom. The normalized spacial score (nSPS) is 16.4. The molecule has 3 rings (SSSR count). The molecule has 0 saturated carbocycles. The number of esters is 1. The Kier molecular flexibility index (Phi) is 4.42. The fourth-order valence-electron chi connectivity index (χ4n) is 2.89. The first-order valence-electron chi connectivity index (χ1n) is 7.13. The fraction of sp³-hybridized carbons (Fsp3) is 0.188. The number of hydrogen-bond acceptors (Lipinski definition) is 6. The largest absolute Gasteiger partial charge is 0.466 e. The van der Waals surface area contributed by atoms with Gasteiger partial charge in [-0.2, -0.15) is 0 Å². The summed E-state index contributed by atoms with van der Waals surface area (Å²) in [6.07, 6.45) is 0. The lowest BCUT2D eigenvalue weighted by atomic mass is 9.82. The summed E-state index contributed by atoms with van der Waals surface area (Å²) in [5, 5.41) is 3.11. The van der Waals surface area contributed by atoms with E-state index in [4.69, 9.17) is 22.7 Å². The molecule has 0 fully saturated rings. The van der Waals surface area contributed by atoms with E-state index in [-0.39, 0.29) is 4.77 Å². The maximum atomic E-state index is 12.4. The molecule has 124 valence electrons. The number of carbonyl (C=O) groups excluding carboxylic acids is 1. The average molecular weight is 407 g/mol. The van der Waals surface area contributed by atoms with Crippen LogP contribution >= 0.6 is 28.1 Å². The molecule has 0 amide bonds. The minimum absolute atomic E-state index is 0.279. The van der Waals surface area contributed by atoms with Crippen molar-refractivity contribution in [3.8, 4) is 0 Å². The molecule has 0 aliphatic carbocycles. The third kappa shape index (κ3) is 2.83. The Morgan fingerprint density at radius 3 is 2.88 bits per heavy atom. The number of hydrogen-bond donors (Lipinski definition) is 3. The summed E-state index contributed by atoms with van der Waals surface area (Å²) >= 11 is 8.57. The van der Waals surface area contributed by atoms with Crippen LogP contribution in [-0.2, 0) is 9.53 Å². The van der Waals surface area contributed by atoms with E-state index in [0.29, 0.717) is 28.5 Å². The summed E-state index contributed by atoms with van der Waals surface area (Å²) in [6, 6.07) is 7.69. The highest BCUT2D eigenvalue weighted by Gasteiger charge is 2.35. The van der Waals surface area contributed by atoms with Gasteiger partial charge in [0.15, 0.2) is 4.77 Å². The van der Waals surface area contributed by atoms with Crippen molar-refractivity contribution in [3.05, 3.63) is 55.9 Å². The highest BCUT2D eigenvalue weighted by atomic mass is 79.9. The second-order valence-corrected chi connectivity index (χ2v) is 6.66. The molecule has 8 heteroatoms. The van der Waals surface area contributed by atoms with Gasteiger partial charge >= 0.3 is 5.97 Å². The molecule has 1 aliphatic rings. The smallest absolute Gasteiger partial charge is 0.336 e. The Labute approximate surface area is 152 Å². The van der Waals surface area contributed by atoms with E-state index in [0.717, 1.165) is 10.0 Å². The molecule has 6 nitrogen and oxygen atoms in total. The quantitative estimate of drug-likeness (QED) is 0.521. The Balaban J connectivity index is 2.32. The summed E-state index contributed by atoms with van der Waals surface area (Å²) in [5.41, 5.74) is 8.88. The van der Waals surface area contributed by atoms with Crippen molar-refractivity contribution in [2.45, 2.75) is 12.8 Å². The number of halogens is 1. The zero-order chi connectivity index (χ0) is 17.4. The highest BCUT2D eigenvalue weighted by Crippen LogP contribution is 2.43. The zero-order valence-corrected chi connectivity index (χ0v) is 15.4. The molecule has 4 N–H and O–H groups in total. The van der Waals surface area contributed by atoms with Gasteiger partial charge in [0.2, 0.25) is 0 Å². The fourth-order valence-corrected chi connectivity index (χ4v) is 3.51. The number of rotatable bonds is 2. The molecule has 0 radical (unpaired) electrons. The van der Waals surface area contributed by atoms with Crippen LogP contribution < -0.4 is 11.1 Å². The Bertz CT molecular complexity index is 923. The van der Waals surface area contributed by atoms with Gasteiger partial charge in [0.05, 0.1) is 18.6 Å². The summed E-state index contributed by atoms with van der Waals surface area (Å²) < 4.78 is 6.16. The van der Waals surface area contributed by atoms with Crippen molar-refractivity contribution in [2.75, 3.05) is 18.2 Å². The van der Waals surface area contributed by atoms with Crippen LogP contribution in [-0.4, -0.2) is 23.0 Å². The van der Waals surface area contributed by atoms with E-state index in [2.05, 4.69) is 31.2 Å². The molecule has 1 aromatic heterocycles. The molecular weight excluding hydrogens is 392 g/mol. The molecule has 1 unspecified atom stereocenters. The van der Waals surface area contributed by atoms with E-state index < -0.39 is 11.9 Å². The monoisotopic (exact) mass is 406 g/mol. The molecule has 1 atom stereocenters. The van der Waals surface area contributed by atoms with Crippen molar-refractivity contribution < 1.29 is 9.53 Å². The van der Waals surface area contributed by atoms with E-state index in [9.17, 15) is 4.79 Å². The van der Waals surface area contributed by atoms with Crippen LogP contribution in [0.5, 0.6) is 0 Å². The molecular formula is C16H15BrN4O2S. The topological polar surface area (TPSA) is 93.0 Å². The van der Waals surface area contributed by atoms with Gasteiger partial charge < -0.3 is 20.8 Å². The maximum Gasteiger partial charge on any atom is 0.336 e. The summed E-state index contributed by atoms with van der Waals surface area (Å²) in [6.45, 7) is 1.80. The van der Waals surface area contributed by atoms with Crippen molar-refractivity contribution in [1.82, 2.24) is 9.97 Å². The molecule has 0 bridgehead atoms. The Morgan fingerprint density at radius 1 is 1.46 bits per heavy atom. The number of fused-ring (bicyclic) bond motifs is 1. The van der Waals surface area contributed by atoms with Crippen molar-refractivity contribution in [3.63, 3.8) is 0 Å². The number of nitrogens with two attached hydrogens (primary N) is 1. The predicted octanol–water partition coefficient (Wildman–Crippen LogP) is 3.49. The van der Waals surface area contributed by atoms with Crippen LogP contribution in [0.2, 0.25) is 0 Å². The first-order chi connectivity index (χ1) is 11.4. The van der Waals surface area contributed by atoms with Gasteiger partial charge in [-0.15, -0.1) is 0 Å². The molecule has 1 aromatic carbocycles. The van der Waals surface area contributed by atoms with Gasteiger partial charge in [0.1, 0.15) is 11.6 Å². The van der Waals surface area contributed by atoms with E-state index in [1.807, 2.05) is 24.3 Å². The molecule has 0 saturated heterocycles. The molecule has 2 aromatic rings. The van der Waals surface area contributed by atoms with Gasteiger partial charge in [-0.1, -0.05) is 28.1 Å². The number of nitrogens with one attached hydrogen (secondary N) is 2. The number of nitrogens with zero attached hydrogens (tertiary/aromatic N) is 1. The number of allylic oxidation sites excluding steroid dienone is 1. The minimum atomic E-state index is -0.419.